The molecule has 0 fully saturated rings. The Hall–Kier alpha value is -3.78. The van der Waals surface area contributed by atoms with Crippen LogP contribution in [0.3, 0.4) is 0 Å². The number of aromatic nitrogens is 6. The first kappa shape index (κ1) is 20.5. The van der Waals surface area contributed by atoms with Crippen LogP contribution in [-0.4, -0.2) is 29.5 Å². The van der Waals surface area contributed by atoms with Crippen LogP contribution in [0.2, 0.25) is 0 Å². The number of imidazole rings is 1. The highest BCUT2D eigenvalue weighted by Crippen LogP contribution is 2.29. The number of nitrogens with one attached hydrogen (secondary N) is 2. The molecule has 156 valence electrons. The summed E-state index contributed by atoms with van der Waals surface area (Å²) in [4.78, 5) is 17.0. The molecule has 7 nitrogen and oxygen atoms in total. The van der Waals surface area contributed by atoms with Crippen LogP contribution in [-0.2, 0) is 6.54 Å². The van der Waals surface area contributed by atoms with Gasteiger partial charge in [-0.1, -0.05) is 18.2 Å². The van der Waals surface area contributed by atoms with E-state index in [2.05, 4.69) is 25.4 Å². The van der Waals surface area contributed by atoms with Crippen LogP contribution in [0.5, 0.6) is 0 Å². The summed E-state index contributed by atoms with van der Waals surface area (Å²) in [5.41, 5.74) is 5.29. The highest BCUT2D eigenvalue weighted by Gasteiger charge is 2.16. The molecule has 2 N–H and O–H groups in total. The van der Waals surface area contributed by atoms with Gasteiger partial charge >= 0.3 is 0 Å². The minimum Gasteiger partial charge on any atom is -0.375 e. The van der Waals surface area contributed by atoms with E-state index >= 15 is 0 Å². The number of anilines is 1. The first-order chi connectivity index (χ1) is 14.7. The van der Waals surface area contributed by atoms with Gasteiger partial charge in [0.05, 0.1) is 29.3 Å². The number of hydrogen-bond donors (Lipinski definition) is 2. The van der Waals surface area contributed by atoms with Crippen LogP contribution >= 0.6 is 12.4 Å². The van der Waals surface area contributed by atoms with E-state index in [4.69, 9.17) is 4.98 Å². The first-order valence-electron chi connectivity index (χ1n) is 9.48. The second kappa shape index (κ2) is 8.53. The Balaban J connectivity index is 0.00000231. The Morgan fingerprint density at radius 2 is 1.90 bits per heavy atom. The Morgan fingerprint density at radius 3 is 2.74 bits per heavy atom. The zero-order valence-corrected chi connectivity index (χ0v) is 17.4. The first-order valence-corrected chi connectivity index (χ1v) is 9.48. The minimum atomic E-state index is -0.304. The molecule has 0 amide bonds. The smallest absolute Gasteiger partial charge is 0.155 e. The van der Waals surface area contributed by atoms with Crippen molar-refractivity contribution >= 4 is 23.7 Å². The summed E-state index contributed by atoms with van der Waals surface area (Å²) in [7, 11) is 0. The molecule has 4 aromatic heterocycles. The molecule has 0 bridgehead atoms. The zero-order valence-electron chi connectivity index (χ0n) is 16.6. The molecule has 0 aliphatic carbocycles. The third-order valence-electron chi connectivity index (χ3n) is 4.77. The third-order valence-corrected chi connectivity index (χ3v) is 4.77. The van der Waals surface area contributed by atoms with Gasteiger partial charge in [-0.2, -0.15) is 5.10 Å². The predicted octanol–water partition coefficient (Wildman–Crippen LogP) is 4.66. The molecule has 0 saturated heterocycles. The van der Waals surface area contributed by atoms with E-state index in [0.29, 0.717) is 18.1 Å². The quantitative estimate of drug-likeness (QED) is 0.419. The molecule has 0 unspecified atom stereocenters. The van der Waals surface area contributed by atoms with Crippen molar-refractivity contribution in [2.24, 2.45) is 0 Å². The van der Waals surface area contributed by atoms with Crippen molar-refractivity contribution in [2.75, 3.05) is 5.32 Å². The summed E-state index contributed by atoms with van der Waals surface area (Å²) in [5, 5.41) is 7.30. The van der Waals surface area contributed by atoms with E-state index < -0.39 is 0 Å². The summed E-state index contributed by atoms with van der Waals surface area (Å²) in [6.07, 6.45) is 3.39. The second-order valence-corrected chi connectivity index (χ2v) is 6.89. The van der Waals surface area contributed by atoms with Crippen molar-refractivity contribution in [1.82, 2.24) is 29.5 Å². The zero-order chi connectivity index (χ0) is 20.5. The molecular formula is C22H19ClFN7. The summed E-state index contributed by atoms with van der Waals surface area (Å²) >= 11 is 0. The molecule has 0 radical (unpaired) electrons. The number of halogens is 2. The van der Waals surface area contributed by atoms with Crippen LogP contribution in [0.25, 0.3) is 28.3 Å². The number of pyridine rings is 2. The highest BCUT2D eigenvalue weighted by molar-refractivity contribution is 5.85. The third kappa shape index (κ3) is 4.10. The van der Waals surface area contributed by atoms with Gasteiger partial charge in [0.15, 0.2) is 5.65 Å². The number of aryl methyl sites for hydroxylation is 1. The van der Waals surface area contributed by atoms with Gasteiger partial charge < -0.3 is 10.3 Å². The molecule has 5 aromatic rings. The summed E-state index contributed by atoms with van der Waals surface area (Å²) < 4.78 is 15.7. The topological polar surface area (TPSA) is 83.8 Å². The Bertz CT molecular complexity index is 1340. The molecule has 9 heteroatoms. The normalized spacial score (nSPS) is 10.8. The number of hydrogen-bond acceptors (Lipinski definition) is 5. The lowest BCUT2D eigenvalue weighted by Gasteiger charge is -2.05. The summed E-state index contributed by atoms with van der Waals surface area (Å²) in [5.74, 6) is 0.367. The van der Waals surface area contributed by atoms with Gasteiger partial charge in [-0.15, -0.1) is 12.4 Å². The lowest BCUT2D eigenvalue weighted by molar-refractivity contribution is 0.630. The summed E-state index contributed by atoms with van der Waals surface area (Å²) in [6.45, 7) is 2.28. The molecule has 31 heavy (non-hydrogen) atoms. The number of rotatable bonds is 5. The van der Waals surface area contributed by atoms with Gasteiger partial charge in [-0.05, 0) is 43.3 Å². The lowest BCUT2D eigenvalue weighted by Crippen LogP contribution is -2.03. The molecule has 1 aromatic carbocycles. The Labute approximate surface area is 183 Å². The number of fused-ring (bicyclic) bond motifs is 1. The molecule has 0 aliphatic heterocycles. The monoisotopic (exact) mass is 435 g/mol. The van der Waals surface area contributed by atoms with E-state index in [1.54, 1.807) is 22.7 Å². The second-order valence-electron chi connectivity index (χ2n) is 6.89. The van der Waals surface area contributed by atoms with Crippen molar-refractivity contribution in [3.63, 3.8) is 0 Å². The maximum absolute atomic E-state index is 14.0. The molecular weight excluding hydrogens is 417 g/mol. The van der Waals surface area contributed by atoms with Gasteiger partial charge in [-0.3, -0.25) is 4.98 Å². The number of aromatic amines is 1. The molecule has 5 rings (SSSR count). The van der Waals surface area contributed by atoms with Crippen LogP contribution in [0.4, 0.5) is 10.1 Å². The minimum absolute atomic E-state index is 0. The van der Waals surface area contributed by atoms with Gasteiger partial charge in [0.25, 0.3) is 0 Å². The summed E-state index contributed by atoms with van der Waals surface area (Å²) in [6, 6.07) is 16.2. The van der Waals surface area contributed by atoms with Gasteiger partial charge in [-0.25, -0.2) is 18.9 Å². The van der Waals surface area contributed by atoms with E-state index in [9.17, 15) is 4.39 Å². The van der Waals surface area contributed by atoms with E-state index in [-0.39, 0.29) is 18.2 Å². The number of H-pyrrole nitrogens is 1. The molecule has 0 atom stereocenters. The van der Waals surface area contributed by atoms with Gasteiger partial charge in [0.1, 0.15) is 18.0 Å². The maximum Gasteiger partial charge on any atom is 0.155 e. The van der Waals surface area contributed by atoms with Gasteiger partial charge in [0.2, 0.25) is 0 Å². The largest absolute Gasteiger partial charge is 0.375 e. The van der Waals surface area contributed by atoms with Crippen molar-refractivity contribution in [1.29, 1.82) is 0 Å². The van der Waals surface area contributed by atoms with Crippen LogP contribution in [0.15, 0.2) is 67.1 Å². The lowest BCUT2D eigenvalue weighted by atomic mass is 10.1. The fraction of sp³-hybridized carbons (Fsp3) is 0.0909. The average molecular weight is 436 g/mol. The molecule has 0 aliphatic rings. The van der Waals surface area contributed by atoms with Crippen molar-refractivity contribution in [3.05, 3.63) is 84.5 Å². The van der Waals surface area contributed by atoms with E-state index in [1.807, 2.05) is 43.5 Å². The average Bonchev–Trinajstić information content (AvgIpc) is 3.39. The standard InChI is InChI=1S/C22H18FN7.ClH/c1-14-5-4-8-18(27-14)22-21(15-9-10-20-25-13-26-30(20)12-15)28-19(29-22)11-24-17-7-3-2-6-16(17)23;/h2-10,12-13,24H,11H2,1H3,(H,28,29);1H. The van der Waals surface area contributed by atoms with Gasteiger partial charge in [0, 0.05) is 17.5 Å². The van der Waals surface area contributed by atoms with Crippen LogP contribution in [0, 0.1) is 12.7 Å². The number of para-hydroxylation sites is 1. The maximum atomic E-state index is 14.0. The number of nitrogens with zero attached hydrogens (tertiary/aromatic N) is 5. The van der Waals surface area contributed by atoms with Crippen molar-refractivity contribution in [2.45, 2.75) is 13.5 Å². The fourth-order valence-electron chi connectivity index (χ4n) is 3.32. The van der Waals surface area contributed by atoms with E-state index in [1.165, 1.54) is 12.4 Å². The Morgan fingerprint density at radius 1 is 1.03 bits per heavy atom. The van der Waals surface area contributed by atoms with E-state index in [0.717, 1.165) is 34.0 Å². The SMILES string of the molecule is Cc1cccc(-c2[nH]c(CNc3ccccc3F)nc2-c2ccc3ncnn3c2)n1.Cl. The molecule has 0 spiro atoms. The highest BCUT2D eigenvalue weighted by atomic mass is 35.5. The number of benzene rings is 1. The predicted molar refractivity (Wildman–Crippen MR) is 120 cm³/mol. The van der Waals surface area contributed by atoms with Crippen LogP contribution < -0.4 is 5.32 Å². The van der Waals surface area contributed by atoms with Crippen molar-refractivity contribution in [3.8, 4) is 22.6 Å². The molecule has 0 saturated carbocycles. The van der Waals surface area contributed by atoms with Crippen molar-refractivity contribution < 1.29 is 4.39 Å². The van der Waals surface area contributed by atoms with Crippen LogP contribution in [0.1, 0.15) is 11.5 Å². The Kier molecular flexibility index (Phi) is 5.64. The molecule has 4 heterocycles. The fourth-order valence-corrected chi connectivity index (χ4v) is 3.32.